The van der Waals surface area contributed by atoms with E-state index in [1.165, 1.54) is 0 Å². The Bertz CT molecular complexity index is 602. The Hall–Kier alpha value is -2.08. The number of aromatic nitrogens is 2. The molecule has 2 N–H and O–H groups in total. The minimum atomic E-state index is 0.00908. The van der Waals surface area contributed by atoms with E-state index in [1.807, 2.05) is 25.1 Å². The fraction of sp³-hybridized carbons (Fsp3) is 0.467. The van der Waals surface area contributed by atoms with Crippen molar-refractivity contribution >= 4 is 11.7 Å². The minimum Gasteiger partial charge on any atom is -0.496 e. The van der Waals surface area contributed by atoms with Gasteiger partial charge in [-0.25, -0.2) is 0 Å². The predicted octanol–water partition coefficient (Wildman–Crippen LogP) is 3.02. The van der Waals surface area contributed by atoms with E-state index in [4.69, 9.17) is 9.15 Å². The normalized spacial score (nSPS) is 11.5. The molecule has 1 heterocycles. The van der Waals surface area contributed by atoms with Crippen molar-refractivity contribution in [3.05, 3.63) is 29.7 Å². The molecule has 1 aromatic heterocycles. The van der Waals surface area contributed by atoms with Crippen molar-refractivity contribution in [2.45, 2.75) is 39.8 Å². The van der Waals surface area contributed by atoms with Gasteiger partial charge in [-0.2, -0.15) is 0 Å². The standard InChI is InChI=1S/C15H22N4O2/c1-10-8-11(6-7-12(10)20-5)17-14-19-18-13(21-14)9-16-15(2,3)4/h6-8,16H,9H2,1-5H3,(H,17,19). The van der Waals surface area contributed by atoms with E-state index in [0.717, 1.165) is 17.0 Å². The van der Waals surface area contributed by atoms with Gasteiger partial charge in [0.1, 0.15) is 5.75 Å². The summed E-state index contributed by atoms with van der Waals surface area (Å²) in [4.78, 5) is 0. The third-order valence-corrected chi connectivity index (χ3v) is 2.88. The summed E-state index contributed by atoms with van der Waals surface area (Å²) in [5, 5.41) is 14.4. The van der Waals surface area contributed by atoms with Crippen LogP contribution >= 0.6 is 0 Å². The average Bonchev–Trinajstić information content (AvgIpc) is 2.83. The van der Waals surface area contributed by atoms with Crippen LogP contribution in [-0.2, 0) is 6.54 Å². The lowest BCUT2D eigenvalue weighted by atomic mass is 10.1. The molecule has 0 aliphatic rings. The molecule has 0 amide bonds. The highest BCUT2D eigenvalue weighted by molar-refractivity contribution is 5.56. The van der Waals surface area contributed by atoms with E-state index in [-0.39, 0.29) is 5.54 Å². The zero-order valence-electron chi connectivity index (χ0n) is 13.2. The Morgan fingerprint density at radius 3 is 2.62 bits per heavy atom. The maximum Gasteiger partial charge on any atom is 0.320 e. The lowest BCUT2D eigenvalue weighted by Crippen LogP contribution is -2.35. The molecule has 0 atom stereocenters. The first kappa shape index (κ1) is 15.3. The summed E-state index contributed by atoms with van der Waals surface area (Å²) in [5.41, 5.74) is 1.93. The molecule has 114 valence electrons. The van der Waals surface area contributed by atoms with E-state index in [1.54, 1.807) is 7.11 Å². The van der Waals surface area contributed by atoms with E-state index in [9.17, 15) is 0 Å². The number of ether oxygens (including phenoxy) is 1. The number of benzene rings is 1. The first-order valence-electron chi connectivity index (χ1n) is 6.86. The van der Waals surface area contributed by atoms with Crippen LogP contribution in [0.2, 0.25) is 0 Å². The minimum absolute atomic E-state index is 0.00908. The van der Waals surface area contributed by atoms with Crippen LogP contribution in [0.3, 0.4) is 0 Å². The smallest absolute Gasteiger partial charge is 0.320 e. The molecule has 0 spiro atoms. The third kappa shape index (κ3) is 4.46. The molecule has 6 heteroatoms. The summed E-state index contributed by atoms with van der Waals surface area (Å²) in [5.74, 6) is 1.40. The molecule has 0 bridgehead atoms. The number of anilines is 2. The number of rotatable bonds is 5. The highest BCUT2D eigenvalue weighted by atomic mass is 16.5. The van der Waals surface area contributed by atoms with Crippen molar-refractivity contribution in [2.24, 2.45) is 0 Å². The van der Waals surface area contributed by atoms with E-state index in [2.05, 4.69) is 41.6 Å². The molecule has 0 saturated heterocycles. The molecule has 0 fully saturated rings. The molecule has 2 aromatic rings. The van der Waals surface area contributed by atoms with Crippen molar-refractivity contribution in [3.63, 3.8) is 0 Å². The van der Waals surface area contributed by atoms with Gasteiger partial charge < -0.3 is 19.8 Å². The quantitative estimate of drug-likeness (QED) is 0.882. The maximum atomic E-state index is 5.55. The molecular formula is C15H22N4O2. The molecule has 0 saturated carbocycles. The number of hydrogen-bond donors (Lipinski definition) is 2. The summed E-state index contributed by atoms with van der Waals surface area (Å²) in [6.45, 7) is 8.78. The Morgan fingerprint density at radius 2 is 2.00 bits per heavy atom. The molecule has 2 rings (SSSR count). The predicted molar refractivity (Wildman–Crippen MR) is 81.9 cm³/mol. The summed E-state index contributed by atoms with van der Waals surface area (Å²) >= 11 is 0. The first-order valence-corrected chi connectivity index (χ1v) is 6.86. The van der Waals surface area contributed by atoms with Crippen molar-refractivity contribution in [1.29, 1.82) is 0 Å². The molecule has 0 aliphatic carbocycles. The highest BCUT2D eigenvalue weighted by Crippen LogP contribution is 2.23. The number of nitrogens with zero attached hydrogens (tertiary/aromatic N) is 2. The summed E-state index contributed by atoms with van der Waals surface area (Å²) in [7, 11) is 1.65. The Balaban J connectivity index is 2.00. The Labute approximate surface area is 124 Å². The number of hydrogen-bond acceptors (Lipinski definition) is 6. The van der Waals surface area contributed by atoms with Gasteiger partial charge in [-0.15, -0.1) is 5.10 Å². The molecule has 0 aliphatic heterocycles. The van der Waals surface area contributed by atoms with Crippen LogP contribution in [0.25, 0.3) is 0 Å². The van der Waals surface area contributed by atoms with Crippen LogP contribution in [0.5, 0.6) is 5.75 Å². The van der Waals surface area contributed by atoms with Gasteiger partial charge in [-0.1, -0.05) is 5.10 Å². The second-order valence-corrected chi connectivity index (χ2v) is 5.91. The summed E-state index contributed by atoms with van der Waals surface area (Å²) in [6.07, 6.45) is 0. The van der Waals surface area contributed by atoms with Gasteiger partial charge in [-0.05, 0) is 51.5 Å². The van der Waals surface area contributed by atoms with Crippen LogP contribution < -0.4 is 15.4 Å². The van der Waals surface area contributed by atoms with Gasteiger partial charge in [-0.3, -0.25) is 0 Å². The zero-order valence-corrected chi connectivity index (χ0v) is 13.2. The second-order valence-electron chi connectivity index (χ2n) is 5.91. The lowest BCUT2D eigenvalue weighted by Gasteiger charge is -2.18. The number of nitrogens with one attached hydrogen (secondary N) is 2. The Morgan fingerprint density at radius 1 is 1.24 bits per heavy atom. The molecule has 0 radical (unpaired) electrons. The van der Waals surface area contributed by atoms with E-state index in [0.29, 0.717) is 18.5 Å². The molecule has 0 unspecified atom stereocenters. The molecule has 21 heavy (non-hydrogen) atoms. The Kier molecular flexibility index (Phi) is 4.47. The van der Waals surface area contributed by atoms with Crippen LogP contribution in [0.15, 0.2) is 22.6 Å². The van der Waals surface area contributed by atoms with Crippen molar-refractivity contribution in [1.82, 2.24) is 15.5 Å². The van der Waals surface area contributed by atoms with Crippen molar-refractivity contribution in [2.75, 3.05) is 12.4 Å². The van der Waals surface area contributed by atoms with Crippen molar-refractivity contribution < 1.29 is 9.15 Å². The number of methoxy groups -OCH3 is 1. The van der Waals surface area contributed by atoms with Gasteiger partial charge in [0.25, 0.3) is 0 Å². The largest absolute Gasteiger partial charge is 0.496 e. The summed E-state index contributed by atoms with van der Waals surface area (Å²) in [6, 6.07) is 6.15. The van der Waals surface area contributed by atoms with Gasteiger partial charge in [0.2, 0.25) is 5.89 Å². The van der Waals surface area contributed by atoms with Crippen LogP contribution in [-0.4, -0.2) is 22.8 Å². The van der Waals surface area contributed by atoms with Gasteiger partial charge >= 0.3 is 6.01 Å². The van der Waals surface area contributed by atoms with Gasteiger partial charge in [0.05, 0.1) is 13.7 Å². The molecule has 1 aromatic carbocycles. The van der Waals surface area contributed by atoms with Crippen LogP contribution in [0, 0.1) is 6.92 Å². The number of aryl methyl sites for hydroxylation is 1. The average molecular weight is 290 g/mol. The topological polar surface area (TPSA) is 72.2 Å². The monoisotopic (exact) mass is 290 g/mol. The fourth-order valence-electron chi connectivity index (χ4n) is 1.80. The maximum absolute atomic E-state index is 5.55. The van der Waals surface area contributed by atoms with E-state index >= 15 is 0 Å². The highest BCUT2D eigenvalue weighted by Gasteiger charge is 2.12. The zero-order chi connectivity index (χ0) is 15.5. The fourth-order valence-corrected chi connectivity index (χ4v) is 1.80. The van der Waals surface area contributed by atoms with E-state index < -0.39 is 0 Å². The second kappa shape index (κ2) is 6.13. The van der Waals surface area contributed by atoms with Crippen LogP contribution in [0.4, 0.5) is 11.7 Å². The van der Waals surface area contributed by atoms with Crippen molar-refractivity contribution in [3.8, 4) is 5.75 Å². The van der Waals surface area contributed by atoms with Gasteiger partial charge in [0, 0.05) is 11.2 Å². The van der Waals surface area contributed by atoms with Gasteiger partial charge in [0.15, 0.2) is 0 Å². The molecular weight excluding hydrogens is 268 g/mol. The SMILES string of the molecule is COc1ccc(Nc2nnc(CNC(C)(C)C)o2)cc1C. The molecule has 6 nitrogen and oxygen atoms in total. The van der Waals surface area contributed by atoms with Crippen LogP contribution in [0.1, 0.15) is 32.2 Å². The third-order valence-electron chi connectivity index (χ3n) is 2.88. The summed E-state index contributed by atoms with van der Waals surface area (Å²) < 4.78 is 10.8. The lowest BCUT2D eigenvalue weighted by molar-refractivity contribution is 0.384. The first-order chi connectivity index (χ1) is 9.87.